The van der Waals surface area contributed by atoms with E-state index in [0.29, 0.717) is 24.7 Å². The highest BCUT2D eigenvalue weighted by Gasteiger charge is 2.25. The molecule has 1 aliphatic heterocycles. The molecule has 11 heteroatoms. The maximum absolute atomic E-state index is 12.5. The largest absolute Gasteiger partial charge is 0.452 e. The molecule has 1 fully saturated rings. The van der Waals surface area contributed by atoms with Gasteiger partial charge in [0.15, 0.2) is 6.61 Å². The van der Waals surface area contributed by atoms with Crippen LogP contribution in [0.5, 0.6) is 5.75 Å². The Bertz CT molecular complexity index is 1030. The number of nitrogens with zero attached hydrogens (tertiary/aromatic N) is 2. The summed E-state index contributed by atoms with van der Waals surface area (Å²) in [6.07, 6.45) is 1.97. The minimum Gasteiger partial charge on any atom is -0.452 e. The molecule has 1 heterocycles. The average Bonchev–Trinajstić information content (AvgIpc) is 2.78. The Balaban J connectivity index is 1.65. The molecule has 1 unspecified atom stereocenters. The first kappa shape index (κ1) is 23.9. The first-order chi connectivity index (χ1) is 15.7. The molecule has 0 aliphatic carbocycles. The number of nitro benzene ring substituents is 1. The zero-order chi connectivity index (χ0) is 24.0. The van der Waals surface area contributed by atoms with Gasteiger partial charge >= 0.3 is 12.6 Å². The van der Waals surface area contributed by atoms with Gasteiger partial charge in [-0.25, -0.2) is 4.79 Å². The molecule has 176 valence electrons. The second kappa shape index (κ2) is 10.7. The Morgan fingerprint density at radius 2 is 2.03 bits per heavy atom. The number of nitrogens with one attached hydrogen (secondary N) is 1. The van der Waals surface area contributed by atoms with Gasteiger partial charge in [0, 0.05) is 19.2 Å². The fourth-order valence-corrected chi connectivity index (χ4v) is 3.64. The maximum atomic E-state index is 12.5. The number of carbonyl (C=O) groups is 2. The number of ether oxygens (including phenoxy) is 2. The zero-order valence-electron chi connectivity index (χ0n) is 17.8. The first-order valence-corrected chi connectivity index (χ1v) is 10.3. The number of hydrogen-bond donors (Lipinski definition) is 1. The number of nitro groups is 1. The summed E-state index contributed by atoms with van der Waals surface area (Å²) in [6, 6.07) is 9.59. The van der Waals surface area contributed by atoms with E-state index in [1.807, 2.05) is 4.90 Å². The van der Waals surface area contributed by atoms with E-state index in [9.17, 15) is 28.5 Å². The molecule has 1 N–H and O–H groups in total. The topological polar surface area (TPSA) is 111 Å². The second-order valence-electron chi connectivity index (χ2n) is 7.65. The van der Waals surface area contributed by atoms with Crippen molar-refractivity contribution in [3.63, 3.8) is 0 Å². The van der Waals surface area contributed by atoms with E-state index < -0.39 is 30.0 Å². The summed E-state index contributed by atoms with van der Waals surface area (Å²) in [5.41, 5.74) is 0.108. The van der Waals surface area contributed by atoms with Gasteiger partial charge in [-0.15, -0.1) is 0 Å². The van der Waals surface area contributed by atoms with Crippen LogP contribution in [0.15, 0.2) is 42.5 Å². The van der Waals surface area contributed by atoms with Crippen molar-refractivity contribution in [3.05, 3.63) is 58.1 Å². The normalized spacial score (nSPS) is 15.8. The summed E-state index contributed by atoms with van der Waals surface area (Å²) in [4.78, 5) is 37.4. The van der Waals surface area contributed by atoms with Crippen molar-refractivity contribution < 1.29 is 32.8 Å². The number of rotatable bonds is 8. The van der Waals surface area contributed by atoms with E-state index >= 15 is 0 Å². The van der Waals surface area contributed by atoms with Gasteiger partial charge in [-0.3, -0.25) is 14.9 Å². The summed E-state index contributed by atoms with van der Waals surface area (Å²) in [6.45, 7) is -0.353. The van der Waals surface area contributed by atoms with E-state index in [1.54, 1.807) is 0 Å². The third-order valence-corrected chi connectivity index (χ3v) is 5.12. The Labute approximate surface area is 188 Å². The van der Waals surface area contributed by atoms with Crippen LogP contribution in [-0.4, -0.2) is 43.1 Å². The molecule has 33 heavy (non-hydrogen) atoms. The quantitative estimate of drug-likeness (QED) is 0.354. The number of benzene rings is 2. The van der Waals surface area contributed by atoms with Crippen molar-refractivity contribution in [1.82, 2.24) is 0 Å². The molecule has 9 nitrogen and oxygen atoms in total. The third kappa shape index (κ3) is 6.37. The third-order valence-electron chi connectivity index (χ3n) is 5.12. The lowest BCUT2D eigenvalue weighted by Gasteiger charge is -2.32. The van der Waals surface area contributed by atoms with Crippen LogP contribution >= 0.6 is 0 Å². The molecule has 2 aromatic carbocycles. The van der Waals surface area contributed by atoms with Crippen molar-refractivity contribution >= 4 is 28.9 Å². The molecule has 1 amide bonds. The van der Waals surface area contributed by atoms with E-state index in [-0.39, 0.29) is 22.7 Å². The number of para-hydroxylation sites is 2. The first-order valence-electron chi connectivity index (χ1n) is 10.3. The van der Waals surface area contributed by atoms with Gasteiger partial charge in [-0.05, 0) is 43.0 Å². The number of carbonyl (C=O) groups excluding carboxylic acids is 2. The number of halogens is 2. The molecule has 0 radical (unpaired) electrons. The van der Waals surface area contributed by atoms with E-state index in [4.69, 9.17) is 4.74 Å². The molecule has 2 aromatic rings. The van der Waals surface area contributed by atoms with Crippen molar-refractivity contribution in [2.24, 2.45) is 5.92 Å². The molecule has 1 saturated heterocycles. The lowest BCUT2D eigenvalue weighted by atomic mass is 9.99. The van der Waals surface area contributed by atoms with Crippen LogP contribution in [-0.2, 0) is 9.53 Å². The molecule has 0 aromatic heterocycles. The summed E-state index contributed by atoms with van der Waals surface area (Å²) < 4.78 is 34.2. The summed E-state index contributed by atoms with van der Waals surface area (Å²) >= 11 is 0. The van der Waals surface area contributed by atoms with Crippen LogP contribution in [0, 0.1) is 16.0 Å². The molecular formula is C22H23F2N3O6. The maximum Gasteiger partial charge on any atom is 0.387 e. The van der Waals surface area contributed by atoms with Crippen molar-refractivity contribution in [3.8, 4) is 5.75 Å². The van der Waals surface area contributed by atoms with E-state index in [2.05, 4.69) is 17.0 Å². The van der Waals surface area contributed by atoms with E-state index in [0.717, 1.165) is 18.9 Å². The minimum absolute atomic E-state index is 0.0189. The highest BCUT2D eigenvalue weighted by Crippen LogP contribution is 2.32. The number of alkyl halides is 2. The predicted molar refractivity (Wildman–Crippen MR) is 116 cm³/mol. The monoisotopic (exact) mass is 463 g/mol. The molecule has 0 bridgehead atoms. The second-order valence-corrected chi connectivity index (χ2v) is 7.65. The number of esters is 1. The van der Waals surface area contributed by atoms with Crippen LogP contribution < -0.4 is 15.0 Å². The lowest BCUT2D eigenvalue weighted by Crippen LogP contribution is -2.34. The molecule has 0 saturated carbocycles. The Hall–Kier alpha value is -3.76. The van der Waals surface area contributed by atoms with Gasteiger partial charge in [-0.1, -0.05) is 19.1 Å². The van der Waals surface area contributed by atoms with Gasteiger partial charge < -0.3 is 19.7 Å². The van der Waals surface area contributed by atoms with Gasteiger partial charge in [0.05, 0.1) is 16.2 Å². The molecule has 1 aliphatic rings. The summed E-state index contributed by atoms with van der Waals surface area (Å²) in [7, 11) is 0. The number of hydrogen-bond acceptors (Lipinski definition) is 7. The predicted octanol–water partition coefficient (Wildman–Crippen LogP) is 4.23. The van der Waals surface area contributed by atoms with Crippen molar-refractivity contribution in [2.75, 3.05) is 29.9 Å². The number of amides is 1. The average molecular weight is 463 g/mol. The highest BCUT2D eigenvalue weighted by atomic mass is 19.3. The molecular weight excluding hydrogens is 440 g/mol. The van der Waals surface area contributed by atoms with Gasteiger partial charge in [0.1, 0.15) is 11.4 Å². The van der Waals surface area contributed by atoms with Crippen LogP contribution in [0.3, 0.4) is 0 Å². The summed E-state index contributed by atoms with van der Waals surface area (Å²) in [5, 5.41) is 13.9. The lowest BCUT2D eigenvalue weighted by molar-refractivity contribution is -0.384. The van der Waals surface area contributed by atoms with E-state index in [1.165, 1.54) is 36.4 Å². The van der Waals surface area contributed by atoms with Crippen LogP contribution in [0.4, 0.5) is 25.8 Å². The molecule has 3 rings (SSSR count). The summed E-state index contributed by atoms with van der Waals surface area (Å²) in [5.74, 6) is -1.56. The fraction of sp³-hybridized carbons (Fsp3) is 0.364. The zero-order valence-corrected chi connectivity index (χ0v) is 17.8. The molecule has 1 atom stereocenters. The highest BCUT2D eigenvalue weighted by molar-refractivity contribution is 5.97. The molecule has 0 spiro atoms. The minimum atomic E-state index is -3.08. The SMILES string of the molecule is CC1CCCN(c2ccc(C(=O)OCC(=O)Nc3ccccc3OC(F)F)cc2[N+](=O)[O-])C1. The number of piperidine rings is 1. The van der Waals surface area contributed by atoms with Gasteiger partial charge in [0.2, 0.25) is 0 Å². The van der Waals surface area contributed by atoms with Gasteiger partial charge in [0.25, 0.3) is 11.6 Å². The van der Waals surface area contributed by atoms with Crippen LogP contribution in [0.2, 0.25) is 0 Å². The van der Waals surface area contributed by atoms with Crippen LogP contribution in [0.25, 0.3) is 0 Å². The smallest absolute Gasteiger partial charge is 0.387 e. The van der Waals surface area contributed by atoms with Crippen molar-refractivity contribution in [2.45, 2.75) is 26.4 Å². The Morgan fingerprint density at radius 3 is 2.73 bits per heavy atom. The van der Waals surface area contributed by atoms with Crippen LogP contribution in [0.1, 0.15) is 30.1 Å². The Morgan fingerprint density at radius 1 is 1.27 bits per heavy atom. The van der Waals surface area contributed by atoms with Gasteiger partial charge in [-0.2, -0.15) is 8.78 Å². The standard InChI is InChI=1S/C22H23F2N3O6/c1-14-5-4-10-26(12-14)17-9-8-15(11-18(17)27(30)31)21(29)32-13-20(28)25-16-6-2-3-7-19(16)33-22(23)24/h2-3,6-9,11,14,22H,4-5,10,12-13H2,1H3,(H,25,28). The van der Waals surface area contributed by atoms with Crippen molar-refractivity contribution in [1.29, 1.82) is 0 Å². The Kier molecular flexibility index (Phi) is 7.75. The number of anilines is 2. The fourth-order valence-electron chi connectivity index (χ4n) is 3.64.